The van der Waals surface area contributed by atoms with Gasteiger partial charge in [-0.05, 0) is 48.1 Å². The van der Waals surface area contributed by atoms with Gasteiger partial charge in [0.2, 0.25) is 0 Å². The van der Waals surface area contributed by atoms with E-state index in [4.69, 9.17) is 5.11 Å². The molecule has 0 amide bonds. The summed E-state index contributed by atoms with van der Waals surface area (Å²) in [5, 5.41) is 9.00. The largest absolute Gasteiger partial charge is 0.478 e. The molecule has 0 aliphatic carbocycles. The summed E-state index contributed by atoms with van der Waals surface area (Å²) in [6.45, 7) is 5.21. The number of halogens is 1. The minimum atomic E-state index is -0.903. The summed E-state index contributed by atoms with van der Waals surface area (Å²) in [4.78, 5) is 15.6. The van der Waals surface area contributed by atoms with Crippen LogP contribution in [-0.2, 0) is 0 Å². The minimum absolute atomic E-state index is 0.306. The van der Waals surface area contributed by atoms with Crippen molar-refractivity contribution in [1.82, 2.24) is 4.90 Å². The monoisotopic (exact) mass is 312 g/mol. The lowest BCUT2D eigenvalue weighted by Gasteiger charge is -2.40. The number of hydrogen-bond donors (Lipinski definition) is 1. The van der Waals surface area contributed by atoms with Gasteiger partial charge in [0.25, 0.3) is 0 Å². The predicted molar refractivity (Wildman–Crippen MR) is 75.4 cm³/mol. The third kappa shape index (κ3) is 2.67. The van der Waals surface area contributed by atoms with Crippen LogP contribution in [-0.4, -0.2) is 48.7 Å². The zero-order chi connectivity index (χ0) is 13.3. The van der Waals surface area contributed by atoms with Crippen LogP contribution >= 0.6 is 15.9 Å². The van der Waals surface area contributed by atoms with Gasteiger partial charge in [-0.2, -0.15) is 0 Å². The molecule has 1 aromatic rings. The summed E-state index contributed by atoms with van der Waals surface area (Å²) in [6, 6.07) is 5.88. The Morgan fingerprint density at radius 1 is 1.44 bits per heavy atom. The summed E-state index contributed by atoms with van der Waals surface area (Å²) in [5.74, 6) is -0.903. The molecule has 1 unspecified atom stereocenters. The van der Waals surface area contributed by atoms with Gasteiger partial charge in [0.15, 0.2) is 0 Å². The van der Waals surface area contributed by atoms with Crippen molar-refractivity contribution in [3.63, 3.8) is 0 Å². The maximum atomic E-state index is 11.0. The van der Waals surface area contributed by atoms with Gasteiger partial charge in [-0.25, -0.2) is 4.79 Å². The van der Waals surface area contributed by atoms with Crippen molar-refractivity contribution < 1.29 is 9.90 Å². The first-order valence-electron chi connectivity index (χ1n) is 5.97. The predicted octanol–water partition coefficient (Wildman–Crippen LogP) is 2.29. The highest BCUT2D eigenvalue weighted by atomic mass is 79.9. The number of carboxylic acids is 1. The van der Waals surface area contributed by atoms with E-state index in [1.165, 1.54) is 0 Å². The van der Waals surface area contributed by atoms with Crippen molar-refractivity contribution in [3.8, 4) is 0 Å². The molecule has 0 aromatic heterocycles. The number of benzene rings is 1. The second-order valence-electron chi connectivity index (χ2n) is 4.77. The van der Waals surface area contributed by atoms with Gasteiger partial charge in [0, 0.05) is 35.8 Å². The Morgan fingerprint density at radius 3 is 2.72 bits per heavy atom. The fraction of sp³-hybridized carbons (Fsp3) is 0.462. The Bertz CT molecular complexity index is 464. The van der Waals surface area contributed by atoms with Crippen molar-refractivity contribution in [1.29, 1.82) is 0 Å². The number of likely N-dealkylation sites (N-methyl/N-ethyl adjacent to an activating group) is 1. The van der Waals surface area contributed by atoms with E-state index in [0.29, 0.717) is 16.1 Å². The van der Waals surface area contributed by atoms with Crippen LogP contribution in [0.15, 0.2) is 22.7 Å². The van der Waals surface area contributed by atoms with Crippen LogP contribution in [0.4, 0.5) is 5.69 Å². The highest BCUT2D eigenvalue weighted by molar-refractivity contribution is 9.10. The Balaban J connectivity index is 2.24. The van der Waals surface area contributed by atoms with Crippen LogP contribution in [0.3, 0.4) is 0 Å². The number of rotatable bonds is 2. The molecule has 98 valence electrons. The molecule has 0 spiro atoms. The molecule has 0 saturated carbocycles. The number of carboxylic acid groups (broad SMARTS) is 1. The van der Waals surface area contributed by atoms with Crippen molar-refractivity contribution in [3.05, 3.63) is 28.2 Å². The van der Waals surface area contributed by atoms with Crippen LogP contribution in [0.1, 0.15) is 17.3 Å². The Morgan fingerprint density at radius 2 is 2.17 bits per heavy atom. The SMILES string of the molecule is CC1CN(C)CCN1c1ccc(C(=O)O)c(Br)c1. The van der Waals surface area contributed by atoms with Gasteiger partial charge in [-0.1, -0.05) is 0 Å². The van der Waals surface area contributed by atoms with E-state index in [2.05, 4.69) is 39.7 Å². The second-order valence-corrected chi connectivity index (χ2v) is 5.63. The molecule has 18 heavy (non-hydrogen) atoms. The lowest BCUT2D eigenvalue weighted by Crippen LogP contribution is -2.50. The Kier molecular flexibility index (Phi) is 3.92. The molecule has 0 bridgehead atoms. The lowest BCUT2D eigenvalue weighted by molar-refractivity contribution is 0.0696. The topological polar surface area (TPSA) is 43.8 Å². The summed E-state index contributed by atoms with van der Waals surface area (Å²) in [6.07, 6.45) is 0. The van der Waals surface area contributed by atoms with E-state index in [1.54, 1.807) is 6.07 Å². The quantitative estimate of drug-likeness (QED) is 0.910. The van der Waals surface area contributed by atoms with Gasteiger partial charge >= 0.3 is 5.97 Å². The molecule has 1 aliphatic rings. The van der Waals surface area contributed by atoms with E-state index in [9.17, 15) is 4.79 Å². The van der Waals surface area contributed by atoms with Crippen molar-refractivity contribution >= 4 is 27.6 Å². The summed E-state index contributed by atoms with van der Waals surface area (Å²) in [5.41, 5.74) is 1.38. The third-order valence-electron chi connectivity index (χ3n) is 3.35. The minimum Gasteiger partial charge on any atom is -0.478 e. The van der Waals surface area contributed by atoms with E-state index >= 15 is 0 Å². The maximum Gasteiger partial charge on any atom is 0.336 e. The molecule has 1 saturated heterocycles. The van der Waals surface area contributed by atoms with Gasteiger partial charge < -0.3 is 14.9 Å². The fourth-order valence-electron chi connectivity index (χ4n) is 2.38. The molecule has 5 heteroatoms. The number of anilines is 1. The first-order chi connectivity index (χ1) is 8.49. The summed E-state index contributed by atoms with van der Waals surface area (Å²) in [7, 11) is 2.12. The molecule has 4 nitrogen and oxygen atoms in total. The van der Waals surface area contributed by atoms with Crippen molar-refractivity contribution in [2.24, 2.45) is 0 Å². The van der Waals surface area contributed by atoms with Crippen LogP contribution in [0.25, 0.3) is 0 Å². The molecule has 1 N–H and O–H groups in total. The first kappa shape index (κ1) is 13.4. The number of piperazine rings is 1. The average molecular weight is 313 g/mol. The van der Waals surface area contributed by atoms with E-state index in [1.807, 2.05) is 12.1 Å². The summed E-state index contributed by atoms with van der Waals surface area (Å²) >= 11 is 3.33. The zero-order valence-electron chi connectivity index (χ0n) is 10.6. The molecule has 1 atom stereocenters. The van der Waals surface area contributed by atoms with Gasteiger partial charge in [0.05, 0.1) is 5.56 Å². The molecule has 1 aromatic carbocycles. The molecule has 1 fully saturated rings. The van der Waals surface area contributed by atoms with Crippen LogP contribution in [0.5, 0.6) is 0 Å². The molecule has 1 heterocycles. The van der Waals surface area contributed by atoms with E-state index in [0.717, 1.165) is 25.3 Å². The van der Waals surface area contributed by atoms with Gasteiger partial charge in [0.1, 0.15) is 0 Å². The molecule has 2 rings (SSSR count). The van der Waals surface area contributed by atoms with E-state index in [-0.39, 0.29) is 0 Å². The average Bonchev–Trinajstić information content (AvgIpc) is 2.28. The van der Waals surface area contributed by atoms with Crippen LogP contribution < -0.4 is 4.90 Å². The Labute approximate surface area is 115 Å². The highest BCUT2D eigenvalue weighted by Gasteiger charge is 2.22. The number of aromatic carboxylic acids is 1. The summed E-state index contributed by atoms with van der Waals surface area (Å²) < 4.78 is 0.638. The van der Waals surface area contributed by atoms with Crippen molar-refractivity contribution in [2.75, 3.05) is 31.6 Å². The Hall–Kier alpha value is -1.07. The molecular formula is C13H17BrN2O2. The third-order valence-corrected chi connectivity index (χ3v) is 4.00. The standard InChI is InChI=1S/C13H17BrN2O2/c1-9-8-15(2)5-6-16(9)10-3-4-11(13(17)18)12(14)7-10/h3-4,7,9H,5-6,8H2,1-2H3,(H,17,18). The van der Waals surface area contributed by atoms with Crippen molar-refractivity contribution in [2.45, 2.75) is 13.0 Å². The van der Waals surface area contributed by atoms with Gasteiger partial charge in [-0.15, -0.1) is 0 Å². The smallest absolute Gasteiger partial charge is 0.336 e. The molecule has 0 radical (unpaired) electrons. The van der Waals surface area contributed by atoms with Crippen LogP contribution in [0.2, 0.25) is 0 Å². The number of hydrogen-bond acceptors (Lipinski definition) is 3. The highest BCUT2D eigenvalue weighted by Crippen LogP contribution is 2.26. The zero-order valence-corrected chi connectivity index (χ0v) is 12.1. The lowest BCUT2D eigenvalue weighted by atomic mass is 10.1. The van der Waals surface area contributed by atoms with Gasteiger partial charge in [-0.3, -0.25) is 0 Å². The second kappa shape index (κ2) is 5.28. The van der Waals surface area contributed by atoms with E-state index < -0.39 is 5.97 Å². The molecule has 1 aliphatic heterocycles. The normalized spacial score (nSPS) is 21.1. The maximum absolute atomic E-state index is 11.0. The van der Waals surface area contributed by atoms with Crippen LogP contribution in [0, 0.1) is 0 Å². The number of nitrogens with zero attached hydrogens (tertiary/aromatic N) is 2. The first-order valence-corrected chi connectivity index (χ1v) is 6.76. The fourth-order valence-corrected chi connectivity index (χ4v) is 2.92. The molecular weight excluding hydrogens is 296 g/mol. The number of carbonyl (C=O) groups is 1.